The number of fused-ring (bicyclic) bond motifs is 1. The number of hydrogen-bond donors (Lipinski definition) is 1. The number of nitriles is 1. The fourth-order valence-electron chi connectivity index (χ4n) is 7.07. The maximum atomic E-state index is 14.3. The lowest BCUT2D eigenvalue weighted by atomic mass is 9.96. The summed E-state index contributed by atoms with van der Waals surface area (Å²) in [5.41, 5.74) is 5.31. The molecule has 2 fully saturated rings. The molecule has 7 rings (SSSR count). The van der Waals surface area contributed by atoms with Crippen molar-refractivity contribution in [2.75, 3.05) is 53.0 Å². The molecule has 15 heteroatoms. The number of piperidine rings is 1. The van der Waals surface area contributed by atoms with E-state index in [4.69, 9.17) is 30.5 Å². The molecule has 3 aliphatic heterocycles. The summed E-state index contributed by atoms with van der Waals surface area (Å²) in [6.45, 7) is 5.15. The van der Waals surface area contributed by atoms with Crippen molar-refractivity contribution in [1.29, 1.82) is 5.26 Å². The standard InChI is InChI=1S/C41H45ClN6O7S/c1-28-32(6-5-7-34(28)31-9-10-37-40(20-31)53-17-16-52-37)27-55-39-21-38(54-26-30-18-29(22-43)23-44-24-30)33(19-35(39)42)25-48(41(49)36-8-3-4-11-45-36)56(50,51)47-14-12-46(2)13-15-47/h5-7,9-10,18-21,23-24,36,45H,3-4,8,11-17,25-27H2,1-2H3/t36-/m0/s1. The van der Waals surface area contributed by atoms with Crippen molar-refractivity contribution in [3.05, 3.63) is 99.8 Å². The number of benzene rings is 3. The number of rotatable bonds is 12. The van der Waals surface area contributed by atoms with Crippen LogP contribution in [0.1, 0.15) is 47.1 Å². The molecule has 3 aromatic carbocycles. The van der Waals surface area contributed by atoms with Crippen LogP contribution in [0.5, 0.6) is 23.0 Å². The first kappa shape index (κ1) is 39.3. The molecule has 294 valence electrons. The molecule has 0 bridgehead atoms. The molecule has 0 radical (unpaired) electrons. The van der Waals surface area contributed by atoms with Crippen LogP contribution < -0.4 is 24.3 Å². The second-order valence-electron chi connectivity index (χ2n) is 14.2. The fourth-order valence-corrected chi connectivity index (χ4v) is 8.88. The number of likely N-dealkylation sites (N-methyl/N-ethyl adjacent to an activating group) is 1. The monoisotopic (exact) mass is 800 g/mol. The highest BCUT2D eigenvalue weighted by Gasteiger charge is 2.39. The zero-order valence-electron chi connectivity index (χ0n) is 31.5. The van der Waals surface area contributed by atoms with Gasteiger partial charge in [-0.2, -0.15) is 18.0 Å². The van der Waals surface area contributed by atoms with Crippen LogP contribution in [0.25, 0.3) is 11.1 Å². The highest BCUT2D eigenvalue weighted by Crippen LogP contribution is 2.38. The summed E-state index contributed by atoms with van der Waals surface area (Å²) in [6, 6.07) is 18.2. The van der Waals surface area contributed by atoms with E-state index >= 15 is 0 Å². The van der Waals surface area contributed by atoms with Gasteiger partial charge in [-0.15, -0.1) is 0 Å². The Morgan fingerprint density at radius 3 is 2.54 bits per heavy atom. The number of carbonyl (C=O) groups is 1. The van der Waals surface area contributed by atoms with Gasteiger partial charge >= 0.3 is 10.2 Å². The number of nitrogens with zero attached hydrogens (tertiary/aromatic N) is 5. The van der Waals surface area contributed by atoms with Crippen molar-refractivity contribution in [2.45, 2.75) is 52.0 Å². The van der Waals surface area contributed by atoms with E-state index in [9.17, 15) is 18.5 Å². The van der Waals surface area contributed by atoms with E-state index in [1.165, 1.54) is 10.5 Å². The fraction of sp³-hybridized carbons (Fsp3) is 0.390. The van der Waals surface area contributed by atoms with Crippen molar-refractivity contribution in [3.8, 4) is 40.2 Å². The van der Waals surface area contributed by atoms with Crippen molar-refractivity contribution >= 4 is 27.7 Å². The van der Waals surface area contributed by atoms with E-state index < -0.39 is 22.2 Å². The minimum Gasteiger partial charge on any atom is -0.488 e. The average molecular weight is 801 g/mol. The lowest BCUT2D eigenvalue weighted by Crippen LogP contribution is -2.56. The Morgan fingerprint density at radius 1 is 0.982 bits per heavy atom. The maximum Gasteiger partial charge on any atom is 0.306 e. The molecule has 1 amide bonds. The number of ether oxygens (including phenoxy) is 4. The van der Waals surface area contributed by atoms with Crippen LogP contribution in [0, 0.1) is 18.3 Å². The molecule has 0 unspecified atom stereocenters. The van der Waals surface area contributed by atoms with E-state index in [0.29, 0.717) is 67.5 Å². The third kappa shape index (κ3) is 8.88. The predicted octanol–water partition coefficient (Wildman–Crippen LogP) is 5.47. The van der Waals surface area contributed by atoms with Gasteiger partial charge < -0.3 is 29.2 Å². The highest BCUT2D eigenvalue weighted by molar-refractivity contribution is 7.87. The van der Waals surface area contributed by atoms with Gasteiger partial charge in [0, 0.05) is 55.8 Å². The summed E-state index contributed by atoms with van der Waals surface area (Å²) in [5, 5.41) is 12.9. The maximum absolute atomic E-state index is 14.3. The van der Waals surface area contributed by atoms with E-state index in [0.717, 1.165) is 45.2 Å². The van der Waals surface area contributed by atoms with Gasteiger partial charge in [-0.25, -0.2) is 4.31 Å². The first-order valence-electron chi connectivity index (χ1n) is 18.7. The summed E-state index contributed by atoms with van der Waals surface area (Å²) in [4.78, 5) is 20.4. The summed E-state index contributed by atoms with van der Waals surface area (Å²) in [7, 11) is -2.30. The van der Waals surface area contributed by atoms with Crippen LogP contribution in [0.4, 0.5) is 0 Å². The summed E-state index contributed by atoms with van der Waals surface area (Å²) >= 11 is 6.92. The molecule has 0 spiro atoms. The molecule has 0 saturated carbocycles. The predicted molar refractivity (Wildman–Crippen MR) is 211 cm³/mol. The van der Waals surface area contributed by atoms with E-state index in [1.54, 1.807) is 24.4 Å². The SMILES string of the molecule is Cc1c(COc2cc(OCc3cncc(C#N)c3)c(CN(C(=O)[C@@H]3CCCCN3)S(=O)(=O)N3CCN(C)CC3)cc2Cl)cccc1-c1ccc2c(c1)OCCO2. The van der Waals surface area contributed by atoms with Gasteiger partial charge in [-0.3, -0.25) is 9.78 Å². The van der Waals surface area contributed by atoms with Gasteiger partial charge in [0.1, 0.15) is 44.0 Å². The van der Waals surface area contributed by atoms with Gasteiger partial charge in [0.2, 0.25) is 0 Å². The Morgan fingerprint density at radius 2 is 1.77 bits per heavy atom. The third-order valence-electron chi connectivity index (χ3n) is 10.4. The van der Waals surface area contributed by atoms with Crippen LogP contribution >= 0.6 is 11.6 Å². The van der Waals surface area contributed by atoms with E-state index in [1.807, 2.05) is 50.4 Å². The number of aromatic nitrogens is 1. The first-order valence-corrected chi connectivity index (χ1v) is 20.5. The summed E-state index contributed by atoms with van der Waals surface area (Å²) < 4.78 is 55.2. The van der Waals surface area contributed by atoms with Crippen molar-refractivity contribution < 1.29 is 32.2 Å². The number of pyridine rings is 1. The highest BCUT2D eigenvalue weighted by atomic mass is 35.5. The Hall–Kier alpha value is -4.91. The van der Waals surface area contributed by atoms with Gasteiger partial charge in [-0.1, -0.05) is 42.3 Å². The molecule has 4 heterocycles. The Bertz CT molecular complexity index is 2220. The normalized spacial score (nSPS) is 17.5. The van der Waals surface area contributed by atoms with Gasteiger partial charge in [0.25, 0.3) is 5.91 Å². The Labute approximate surface area is 332 Å². The Balaban J connectivity index is 1.19. The molecular formula is C41H45ClN6O7S. The smallest absolute Gasteiger partial charge is 0.306 e. The second-order valence-corrected chi connectivity index (χ2v) is 16.4. The van der Waals surface area contributed by atoms with Crippen molar-refractivity contribution in [1.82, 2.24) is 23.8 Å². The molecule has 3 aliphatic rings. The van der Waals surface area contributed by atoms with Crippen molar-refractivity contribution in [3.63, 3.8) is 0 Å². The second kappa shape index (κ2) is 17.5. The van der Waals surface area contributed by atoms with Crippen LogP contribution in [0.2, 0.25) is 5.02 Å². The molecule has 13 nitrogen and oxygen atoms in total. The molecule has 0 aliphatic carbocycles. The van der Waals surface area contributed by atoms with Gasteiger partial charge in [-0.05, 0) is 79.9 Å². The minimum absolute atomic E-state index is 0.0105. The van der Waals surface area contributed by atoms with Crippen LogP contribution in [-0.2, 0) is 34.8 Å². The molecule has 4 aromatic rings. The molecule has 2 saturated heterocycles. The van der Waals surface area contributed by atoms with Gasteiger partial charge in [0.05, 0.1) is 23.2 Å². The lowest BCUT2D eigenvalue weighted by Gasteiger charge is -2.37. The number of hydrogen-bond acceptors (Lipinski definition) is 11. The molecule has 56 heavy (non-hydrogen) atoms. The van der Waals surface area contributed by atoms with Crippen LogP contribution in [0.15, 0.2) is 67.0 Å². The lowest BCUT2D eigenvalue weighted by molar-refractivity contribution is -0.129. The molecular weight excluding hydrogens is 756 g/mol. The van der Waals surface area contributed by atoms with Gasteiger partial charge in [0.15, 0.2) is 11.5 Å². The zero-order chi connectivity index (χ0) is 39.2. The third-order valence-corrected chi connectivity index (χ3v) is 12.5. The number of halogens is 1. The zero-order valence-corrected chi connectivity index (χ0v) is 33.1. The Kier molecular flexibility index (Phi) is 12.3. The largest absolute Gasteiger partial charge is 0.488 e. The average Bonchev–Trinajstić information content (AvgIpc) is 3.22. The number of piperazine rings is 1. The number of carbonyl (C=O) groups excluding carboxylic acids is 1. The number of amides is 1. The minimum atomic E-state index is -4.23. The quantitative estimate of drug-likeness (QED) is 0.195. The van der Waals surface area contributed by atoms with Crippen LogP contribution in [0.3, 0.4) is 0 Å². The van der Waals surface area contributed by atoms with E-state index in [-0.39, 0.29) is 43.6 Å². The summed E-state index contributed by atoms with van der Waals surface area (Å²) in [5.74, 6) is 1.49. The summed E-state index contributed by atoms with van der Waals surface area (Å²) in [6.07, 6.45) is 5.30. The van der Waals surface area contributed by atoms with Crippen molar-refractivity contribution in [2.24, 2.45) is 0 Å². The molecule has 1 atom stereocenters. The molecule has 1 N–H and O–H groups in total. The molecule has 1 aromatic heterocycles. The number of nitrogens with one attached hydrogen (secondary N) is 1. The van der Waals surface area contributed by atoms with Crippen LogP contribution in [-0.4, -0.2) is 91.8 Å². The van der Waals surface area contributed by atoms with E-state index in [2.05, 4.69) is 21.3 Å². The topological polar surface area (TPSA) is 147 Å². The first-order chi connectivity index (χ1) is 27.1.